The summed E-state index contributed by atoms with van der Waals surface area (Å²) in [4.78, 5) is 29.6. The van der Waals surface area contributed by atoms with Crippen molar-refractivity contribution < 1.29 is 14.0 Å². The van der Waals surface area contributed by atoms with Crippen molar-refractivity contribution in [2.75, 3.05) is 19.6 Å². The summed E-state index contributed by atoms with van der Waals surface area (Å²) in [6.07, 6.45) is 3.58. The van der Waals surface area contributed by atoms with E-state index in [1.807, 2.05) is 30.6 Å². The molecular weight excluding hydrogens is 331 g/mol. The van der Waals surface area contributed by atoms with E-state index in [0.717, 1.165) is 44.3 Å². The van der Waals surface area contributed by atoms with Crippen LogP contribution in [0.15, 0.2) is 24.3 Å². The third-order valence-corrected chi connectivity index (χ3v) is 5.49. The van der Waals surface area contributed by atoms with Crippen LogP contribution in [0.5, 0.6) is 0 Å². The van der Waals surface area contributed by atoms with Gasteiger partial charge in [-0.1, -0.05) is 32.9 Å². The standard InChI is InChI=1S/C21H29FN2O2/c1-21(2,3)20(26)23-12-4-6-16(14-23)19(25)24-13-5-7-18(24)15-8-10-17(22)11-9-15/h8-11,16,18H,4-7,12-14H2,1-3H3. The maximum absolute atomic E-state index is 13.2. The molecular formula is C21H29FN2O2. The van der Waals surface area contributed by atoms with E-state index in [1.54, 1.807) is 12.1 Å². The number of benzene rings is 1. The molecule has 2 saturated heterocycles. The Bertz CT molecular complexity index is 666. The van der Waals surface area contributed by atoms with Crippen LogP contribution in [-0.2, 0) is 9.59 Å². The van der Waals surface area contributed by atoms with Crippen molar-refractivity contribution in [1.29, 1.82) is 0 Å². The lowest BCUT2D eigenvalue weighted by Gasteiger charge is -2.38. The first-order valence-corrected chi connectivity index (χ1v) is 9.62. The van der Waals surface area contributed by atoms with E-state index in [2.05, 4.69) is 0 Å². The van der Waals surface area contributed by atoms with Crippen LogP contribution in [0.4, 0.5) is 4.39 Å². The van der Waals surface area contributed by atoms with Crippen LogP contribution < -0.4 is 0 Å². The molecule has 0 saturated carbocycles. The Hall–Kier alpha value is -1.91. The fraction of sp³-hybridized carbons (Fsp3) is 0.619. The van der Waals surface area contributed by atoms with E-state index in [1.165, 1.54) is 12.1 Å². The molecule has 5 heteroatoms. The van der Waals surface area contributed by atoms with E-state index < -0.39 is 5.41 Å². The molecule has 1 aromatic rings. The Morgan fingerprint density at radius 2 is 1.69 bits per heavy atom. The highest BCUT2D eigenvalue weighted by Gasteiger charge is 2.38. The van der Waals surface area contributed by atoms with Crippen LogP contribution in [0.3, 0.4) is 0 Å². The molecule has 0 radical (unpaired) electrons. The van der Waals surface area contributed by atoms with Gasteiger partial charge in [-0.15, -0.1) is 0 Å². The molecule has 2 atom stereocenters. The van der Waals surface area contributed by atoms with Crippen molar-refractivity contribution in [2.45, 2.75) is 52.5 Å². The van der Waals surface area contributed by atoms with Crippen molar-refractivity contribution in [3.63, 3.8) is 0 Å². The van der Waals surface area contributed by atoms with Crippen LogP contribution >= 0.6 is 0 Å². The van der Waals surface area contributed by atoms with Gasteiger partial charge in [0.25, 0.3) is 0 Å². The summed E-state index contributed by atoms with van der Waals surface area (Å²) in [6.45, 7) is 7.76. The van der Waals surface area contributed by atoms with Gasteiger partial charge in [0.2, 0.25) is 11.8 Å². The molecule has 0 bridgehead atoms. The molecule has 0 aromatic heterocycles. The first-order chi connectivity index (χ1) is 12.3. The molecule has 142 valence electrons. The zero-order chi connectivity index (χ0) is 18.9. The smallest absolute Gasteiger partial charge is 0.227 e. The third-order valence-electron chi connectivity index (χ3n) is 5.49. The van der Waals surface area contributed by atoms with Gasteiger partial charge in [-0.25, -0.2) is 4.39 Å². The van der Waals surface area contributed by atoms with Crippen LogP contribution in [0, 0.1) is 17.2 Å². The second-order valence-electron chi connectivity index (χ2n) is 8.58. The van der Waals surface area contributed by atoms with E-state index in [9.17, 15) is 14.0 Å². The van der Waals surface area contributed by atoms with Gasteiger partial charge >= 0.3 is 0 Å². The van der Waals surface area contributed by atoms with Gasteiger partial charge in [0.1, 0.15) is 5.82 Å². The van der Waals surface area contributed by atoms with Gasteiger partial charge < -0.3 is 9.80 Å². The molecule has 2 fully saturated rings. The monoisotopic (exact) mass is 360 g/mol. The van der Waals surface area contributed by atoms with Crippen molar-refractivity contribution in [1.82, 2.24) is 9.80 Å². The Balaban J connectivity index is 1.71. The molecule has 2 unspecified atom stereocenters. The zero-order valence-electron chi connectivity index (χ0n) is 16.0. The molecule has 0 aliphatic carbocycles. The Morgan fingerprint density at radius 3 is 2.35 bits per heavy atom. The Kier molecular flexibility index (Phi) is 5.35. The number of hydrogen-bond donors (Lipinski definition) is 0. The summed E-state index contributed by atoms with van der Waals surface area (Å²) in [5.74, 6) is -0.126. The van der Waals surface area contributed by atoms with Crippen molar-refractivity contribution in [3.05, 3.63) is 35.6 Å². The number of hydrogen-bond acceptors (Lipinski definition) is 2. The maximum atomic E-state index is 13.2. The number of rotatable bonds is 2. The second-order valence-corrected chi connectivity index (χ2v) is 8.58. The fourth-order valence-electron chi connectivity index (χ4n) is 4.13. The van der Waals surface area contributed by atoms with E-state index in [0.29, 0.717) is 6.54 Å². The summed E-state index contributed by atoms with van der Waals surface area (Å²) in [5.41, 5.74) is 0.575. The van der Waals surface area contributed by atoms with Crippen LogP contribution in [-0.4, -0.2) is 41.2 Å². The van der Waals surface area contributed by atoms with Crippen molar-refractivity contribution >= 4 is 11.8 Å². The maximum Gasteiger partial charge on any atom is 0.227 e. The number of halogens is 1. The molecule has 26 heavy (non-hydrogen) atoms. The molecule has 0 N–H and O–H groups in total. The number of piperidine rings is 1. The summed E-state index contributed by atoms with van der Waals surface area (Å²) in [5, 5.41) is 0. The van der Waals surface area contributed by atoms with Crippen LogP contribution in [0.25, 0.3) is 0 Å². The topological polar surface area (TPSA) is 40.6 Å². The van der Waals surface area contributed by atoms with Crippen LogP contribution in [0.2, 0.25) is 0 Å². The summed E-state index contributed by atoms with van der Waals surface area (Å²) >= 11 is 0. The van der Waals surface area contributed by atoms with E-state index in [-0.39, 0.29) is 29.6 Å². The minimum absolute atomic E-state index is 0.0248. The number of nitrogens with zero attached hydrogens (tertiary/aromatic N) is 2. The quantitative estimate of drug-likeness (QED) is 0.805. The third kappa shape index (κ3) is 3.92. The molecule has 2 aliphatic rings. The average Bonchev–Trinajstić information content (AvgIpc) is 3.10. The molecule has 3 rings (SSSR count). The van der Waals surface area contributed by atoms with E-state index >= 15 is 0 Å². The molecule has 2 amide bonds. The van der Waals surface area contributed by atoms with Crippen molar-refractivity contribution in [3.8, 4) is 0 Å². The predicted molar refractivity (Wildman–Crippen MR) is 98.8 cm³/mol. The summed E-state index contributed by atoms with van der Waals surface area (Å²) in [7, 11) is 0. The largest absolute Gasteiger partial charge is 0.341 e. The van der Waals surface area contributed by atoms with Crippen molar-refractivity contribution in [2.24, 2.45) is 11.3 Å². The van der Waals surface area contributed by atoms with Gasteiger partial charge in [-0.3, -0.25) is 9.59 Å². The van der Waals surface area contributed by atoms with Gasteiger partial charge in [-0.2, -0.15) is 0 Å². The molecule has 2 aliphatic heterocycles. The fourth-order valence-corrected chi connectivity index (χ4v) is 4.13. The van der Waals surface area contributed by atoms with Gasteiger partial charge in [-0.05, 0) is 43.4 Å². The van der Waals surface area contributed by atoms with Gasteiger partial charge in [0, 0.05) is 25.0 Å². The van der Waals surface area contributed by atoms with Crippen LogP contribution in [0.1, 0.15) is 58.1 Å². The molecule has 2 heterocycles. The second kappa shape index (κ2) is 7.37. The predicted octanol–water partition coefficient (Wildman–Crippen LogP) is 3.77. The zero-order valence-corrected chi connectivity index (χ0v) is 16.0. The highest BCUT2D eigenvalue weighted by Crippen LogP contribution is 2.35. The number of amides is 2. The summed E-state index contributed by atoms with van der Waals surface area (Å²) in [6, 6.07) is 6.50. The highest BCUT2D eigenvalue weighted by atomic mass is 19.1. The average molecular weight is 360 g/mol. The minimum Gasteiger partial charge on any atom is -0.341 e. The Labute approximate surface area is 155 Å². The van der Waals surface area contributed by atoms with E-state index in [4.69, 9.17) is 0 Å². The van der Waals surface area contributed by atoms with Gasteiger partial charge in [0.05, 0.1) is 12.0 Å². The highest BCUT2D eigenvalue weighted by molar-refractivity contribution is 5.84. The molecule has 1 aromatic carbocycles. The number of likely N-dealkylation sites (tertiary alicyclic amines) is 2. The lowest BCUT2D eigenvalue weighted by Crippen LogP contribution is -2.49. The lowest BCUT2D eigenvalue weighted by atomic mass is 9.90. The SMILES string of the molecule is CC(C)(C)C(=O)N1CCCC(C(=O)N2CCCC2c2ccc(F)cc2)C1. The normalized spacial score (nSPS) is 24.0. The van der Waals surface area contributed by atoms with Gasteiger partial charge in [0.15, 0.2) is 0 Å². The molecule has 0 spiro atoms. The summed E-state index contributed by atoms with van der Waals surface area (Å²) < 4.78 is 13.2. The Morgan fingerprint density at radius 1 is 1.04 bits per heavy atom. The number of carbonyl (C=O) groups excluding carboxylic acids is 2. The number of carbonyl (C=O) groups is 2. The first kappa shape index (κ1) is 18.9. The lowest BCUT2D eigenvalue weighted by molar-refractivity contribution is -0.145. The first-order valence-electron chi connectivity index (χ1n) is 9.62. The minimum atomic E-state index is -0.421. The molecule has 4 nitrogen and oxygen atoms in total.